The van der Waals surface area contributed by atoms with Gasteiger partial charge >= 0.3 is 0 Å². The highest BCUT2D eigenvalue weighted by Crippen LogP contribution is 2.35. The van der Waals surface area contributed by atoms with Crippen LogP contribution >= 0.6 is 0 Å². The van der Waals surface area contributed by atoms with Crippen molar-refractivity contribution in [3.63, 3.8) is 0 Å². The first kappa shape index (κ1) is 12.1. The molecule has 2 aromatic carbocycles. The molecule has 2 aromatic rings. The Morgan fingerprint density at radius 1 is 1.11 bits per heavy atom. The average molecular weight is 255 g/mol. The highest BCUT2D eigenvalue weighted by molar-refractivity contribution is 5.44. The van der Waals surface area contributed by atoms with Gasteiger partial charge in [0.15, 0.2) is 0 Å². The number of fused-ring (bicyclic) bond motifs is 1. The van der Waals surface area contributed by atoms with E-state index in [9.17, 15) is 0 Å². The van der Waals surface area contributed by atoms with E-state index in [-0.39, 0.29) is 0 Å². The third-order valence-corrected chi connectivity index (χ3v) is 3.35. The molecule has 1 aliphatic heterocycles. The Labute approximate surface area is 113 Å². The van der Waals surface area contributed by atoms with E-state index in [4.69, 9.17) is 9.47 Å². The summed E-state index contributed by atoms with van der Waals surface area (Å²) in [5.74, 6) is 2.64. The van der Waals surface area contributed by atoms with Crippen LogP contribution in [-0.4, -0.2) is 13.7 Å². The first-order valence-corrected chi connectivity index (χ1v) is 6.54. The van der Waals surface area contributed by atoms with Crippen LogP contribution in [0.2, 0.25) is 0 Å². The summed E-state index contributed by atoms with van der Waals surface area (Å²) in [6.07, 6.45) is 0.984. The Bertz CT molecular complexity index is 554. The van der Waals surface area contributed by atoms with Crippen LogP contribution in [0, 0.1) is 0 Å². The van der Waals surface area contributed by atoms with Gasteiger partial charge in [-0.2, -0.15) is 0 Å². The largest absolute Gasteiger partial charge is 0.493 e. The topological polar surface area (TPSA) is 30.5 Å². The van der Waals surface area contributed by atoms with Crippen LogP contribution in [0.5, 0.6) is 17.2 Å². The summed E-state index contributed by atoms with van der Waals surface area (Å²) in [5.41, 5.74) is 1.17. The molecule has 98 valence electrons. The van der Waals surface area contributed by atoms with Crippen molar-refractivity contribution in [1.29, 1.82) is 0 Å². The molecule has 0 aromatic heterocycles. The molecule has 0 aliphatic carbocycles. The van der Waals surface area contributed by atoms with Gasteiger partial charge in [0.2, 0.25) is 0 Å². The van der Waals surface area contributed by atoms with Gasteiger partial charge in [-0.1, -0.05) is 18.2 Å². The summed E-state index contributed by atoms with van der Waals surface area (Å²) in [6.45, 7) is 0.761. The van der Waals surface area contributed by atoms with Gasteiger partial charge in [0.25, 0.3) is 0 Å². The van der Waals surface area contributed by atoms with E-state index < -0.39 is 0 Å². The quantitative estimate of drug-likeness (QED) is 0.910. The van der Waals surface area contributed by atoms with Crippen LogP contribution in [0.15, 0.2) is 48.5 Å². The lowest BCUT2D eigenvalue weighted by Gasteiger charge is -2.26. The average Bonchev–Trinajstić information content (AvgIpc) is 2.47. The molecule has 1 aliphatic rings. The van der Waals surface area contributed by atoms with Crippen molar-refractivity contribution in [3.8, 4) is 17.2 Å². The maximum absolute atomic E-state index is 5.85. The smallest absolute Gasteiger partial charge is 0.128 e. The lowest BCUT2D eigenvalue weighted by Crippen LogP contribution is -2.23. The normalized spacial score (nSPS) is 17.4. The molecule has 0 saturated carbocycles. The van der Waals surface area contributed by atoms with Crippen LogP contribution in [-0.2, 0) is 0 Å². The predicted octanol–water partition coefficient (Wildman–Crippen LogP) is 3.52. The molecule has 0 bridgehead atoms. The second-order valence-electron chi connectivity index (χ2n) is 4.59. The lowest BCUT2D eigenvalue weighted by molar-refractivity contribution is 0.256. The van der Waals surface area contributed by atoms with Crippen LogP contribution < -0.4 is 14.8 Å². The minimum Gasteiger partial charge on any atom is -0.493 e. The second kappa shape index (κ2) is 5.33. The number of rotatable bonds is 3. The maximum Gasteiger partial charge on any atom is 0.128 e. The van der Waals surface area contributed by atoms with E-state index in [1.807, 2.05) is 49.5 Å². The molecule has 19 heavy (non-hydrogen) atoms. The van der Waals surface area contributed by atoms with Crippen LogP contribution in [0.1, 0.15) is 18.0 Å². The Kier molecular flexibility index (Phi) is 3.38. The number of benzene rings is 2. The molecule has 1 heterocycles. The van der Waals surface area contributed by atoms with Gasteiger partial charge in [-0.3, -0.25) is 0 Å². The van der Waals surface area contributed by atoms with E-state index in [0.717, 1.165) is 30.3 Å². The molecular formula is C16H17NO2. The molecule has 0 fully saturated rings. The van der Waals surface area contributed by atoms with E-state index >= 15 is 0 Å². The third kappa shape index (κ3) is 2.56. The molecule has 1 unspecified atom stereocenters. The number of hydrogen-bond donors (Lipinski definition) is 1. The predicted molar refractivity (Wildman–Crippen MR) is 74.9 cm³/mol. The molecule has 0 spiro atoms. The number of hydrogen-bond acceptors (Lipinski definition) is 3. The van der Waals surface area contributed by atoms with Crippen molar-refractivity contribution in [3.05, 3.63) is 54.1 Å². The van der Waals surface area contributed by atoms with Crippen molar-refractivity contribution < 1.29 is 9.47 Å². The monoisotopic (exact) mass is 255 g/mol. The van der Waals surface area contributed by atoms with Crippen molar-refractivity contribution in [2.75, 3.05) is 13.7 Å². The second-order valence-corrected chi connectivity index (χ2v) is 4.59. The van der Waals surface area contributed by atoms with Gasteiger partial charge in [0, 0.05) is 18.0 Å². The highest BCUT2D eigenvalue weighted by atomic mass is 16.5. The lowest BCUT2D eigenvalue weighted by atomic mass is 10.0. The van der Waals surface area contributed by atoms with Gasteiger partial charge in [0.05, 0.1) is 6.61 Å². The van der Waals surface area contributed by atoms with Crippen molar-refractivity contribution >= 4 is 0 Å². The van der Waals surface area contributed by atoms with E-state index in [1.54, 1.807) is 0 Å². The zero-order chi connectivity index (χ0) is 13.1. The molecule has 0 amide bonds. The Balaban J connectivity index is 1.88. The molecule has 3 rings (SSSR count). The number of nitrogens with one attached hydrogen (secondary N) is 1. The zero-order valence-electron chi connectivity index (χ0n) is 10.9. The molecule has 0 radical (unpaired) electrons. The van der Waals surface area contributed by atoms with Gasteiger partial charge in [-0.25, -0.2) is 0 Å². The highest BCUT2D eigenvalue weighted by Gasteiger charge is 2.20. The Morgan fingerprint density at radius 2 is 1.95 bits per heavy atom. The van der Waals surface area contributed by atoms with Gasteiger partial charge in [0.1, 0.15) is 17.2 Å². The fraction of sp³-hybridized carbons (Fsp3) is 0.250. The molecule has 3 heteroatoms. The summed E-state index contributed by atoms with van der Waals surface area (Å²) in [4.78, 5) is 0. The minimum absolute atomic E-state index is 0.336. The first-order chi connectivity index (χ1) is 9.36. The van der Waals surface area contributed by atoms with Gasteiger partial charge in [-0.05, 0) is 37.4 Å². The SMILES string of the molecule is CNC1CCOc2ccc(Oc3ccccc3)cc21. The standard InChI is InChI=1S/C16H17NO2/c1-17-15-9-10-18-16-8-7-13(11-14(15)16)19-12-5-3-2-4-6-12/h2-8,11,15,17H,9-10H2,1H3. The minimum atomic E-state index is 0.336. The number of ether oxygens (including phenoxy) is 2. The van der Waals surface area contributed by atoms with Crippen molar-refractivity contribution in [1.82, 2.24) is 5.32 Å². The fourth-order valence-corrected chi connectivity index (χ4v) is 2.36. The molecule has 1 atom stereocenters. The summed E-state index contributed by atoms with van der Waals surface area (Å²) in [5, 5.41) is 3.32. The number of para-hydroxylation sites is 1. The summed E-state index contributed by atoms with van der Waals surface area (Å²) >= 11 is 0. The molecule has 1 N–H and O–H groups in total. The van der Waals surface area contributed by atoms with Crippen molar-refractivity contribution in [2.24, 2.45) is 0 Å². The summed E-state index contributed by atoms with van der Waals surface area (Å²) < 4.78 is 11.5. The van der Waals surface area contributed by atoms with Crippen LogP contribution in [0.25, 0.3) is 0 Å². The van der Waals surface area contributed by atoms with E-state index in [2.05, 4.69) is 11.4 Å². The summed E-state index contributed by atoms with van der Waals surface area (Å²) in [6, 6.07) is 16.1. The van der Waals surface area contributed by atoms with Gasteiger partial charge in [-0.15, -0.1) is 0 Å². The van der Waals surface area contributed by atoms with Crippen LogP contribution in [0.4, 0.5) is 0 Å². The molecular weight excluding hydrogens is 238 g/mol. The third-order valence-electron chi connectivity index (χ3n) is 3.35. The fourth-order valence-electron chi connectivity index (χ4n) is 2.36. The van der Waals surface area contributed by atoms with E-state index in [1.165, 1.54) is 5.56 Å². The summed E-state index contributed by atoms with van der Waals surface area (Å²) in [7, 11) is 1.98. The molecule has 0 saturated heterocycles. The first-order valence-electron chi connectivity index (χ1n) is 6.54. The van der Waals surface area contributed by atoms with Crippen LogP contribution in [0.3, 0.4) is 0 Å². The van der Waals surface area contributed by atoms with Gasteiger partial charge < -0.3 is 14.8 Å². The maximum atomic E-state index is 5.85. The Hall–Kier alpha value is -2.00. The van der Waals surface area contributed by atoms with E-state index in [0.29, 0.717) is 6.04 Å². The van der Waals surface area contributed by atoms with Crippen molar-refractivity contribution in [2.45, 2.75) is 12.5 Å². The zero-order valence-corrected chi connectivity index (χ0v) is 10.9. The Morgan fingerprint density at radius 3 is 2.74 bits per heavy atom. The molecule has 3 nitrogen and oxygen atoms in total.